The molecule has 1 aliphatic rings. The molecule has 36 heavy (non-hydrogen) atoms. The van der Waals surface area contributed by atoms with E-state index in [2.05, 4.69) is 35.9 Å². The van der Waals surface area contributed by atoms with Gasteiger partial charge in [0.1, 0.15) is 23.2 Å². The summed E-state index contributed by atoms with van der Waals surface area (Å²) in [7, 11) is 1.82. The number of carbonyl (C=O) groups is 1. The lowest BCUT2D eigenvalue weighted by Gasteiger charge is -2.34. The van der Waals surface area contributed by atoms with Crippen LogP contribution in [0.3, 0.4) is 0 Å². The van der Waals surface area contributed by atoms with Crippen LogP contribution in [0.5, 0.6) is 0 Å². The molecule has 1 fully saturated rings. The number of hydrogen-bond donors (Lipinski definition) is 2. The van der Waals surface area contributed by atoms with Gasteiger partial charge in [-0.3, -0.25) is 4.68 Å². The van der Waals surface area contributed by atoms with Gasteiger partial charge in [0.25, 0.3) is 0 Å². The Kier molecular flexibility index (Phi) is 7.25. The molecule has 13 nitrogen and oxygen atoms in total. The lowest BCUT2D eigenvalue weighted by molar-refractivity contribution is -0.0371. The zero-order valence-electron chi connectivity index (χ0n) is 20.6. The lowest BCUT2D eigenvalue weighted by atomic mass is 10.2. The van der Waals surface area contributed by atoms with Gasteiger partial charge in [-0.1, -0.05) is 0 Å². The molecule has 0 aromatic carbocycles. The Labute approximate surface area is 208 Å². The Morgan fingerprint density at radius 3 is 2.75 bits per heavy atom. The second-order valence-corrected chi connectivity index (χ2v) is 9.22. The number of morpholine rings is 1. The minimum absolute atomic E-state index is 0.217. The number of anilines is 3. The van der Waals surface area contributed by atoms with E-state index in [9.17, 15) is 4.79 Å². The Morgan fingerprint density at radius 1 is 1.25 bits per heavy atom. The van der Waals surface area contributed by atoms with E-state index in [0.29, 0.717) is 49.3 Å². The summed E-state index contributed by atoms with van der Waals surface area (Å²) < 4.78 is 13.1. The minimum atomic E-state index is -0.562. The predicted molar refractivity (Wildman–Crippen MR) is 130 cm³/mol. The first-order chi connectivity index (χ1) is 17.2. The molecule has 1 amide bonds. The summed E-state index contributed by atoms with van der Waals surface area (Å²) in [4.78, 5) is 22.3. The Balaban J connectivity index is 1.49. The molecule has 0 saturated carbocycles. The fourth-order valence-electron chi connectivity index (χ4n) is 3.48. The van der Waals surface area contributed by atoms with Crippen molar-refractivity contribution >= 4 is 23.4 Å². The summed E-state index contributed by atoms with van der Waals surface area (Å²) in [6.45, 7) is 7.24. The predicted octanol–water partition coefficient (Wildman–Crippen LogP) is 2.33. The topological polar surface area (TPSA) is 156 Å². The average Bonchev–Trinajstić information content (AvgIpc) is 3.28. The smallest absolute Gasteiger partial charge is 0.410 e. The van der Waals surface area contributed by atoms with Crippen molar-refractivity contribution in [2.24, 2.45) is 7.05 Å². The largest absolute Gasteiger partial charge is 0.444 e. The minimum Gasteiger partial charge on any atom is -0.444 e. The van der Waals surface area contributed by atoms with Crippen LogP contribution in [-0.4, -0.2) is 78.9 Å². The SMILES string of the molecule is Cn1cc(-c2nnc(Nc3cnc(C#N)cn3)cc2NCC2CN(C(=O)OC(C)(C)C)CCO2)cn1. The van der Waals surface area contributed by atoms with E-state index in [0.717, 1.165) is 5.56 Å². The number of nitriles is 1. The second kappa shape index (κ2) is 10.5. The van der Waals surface area contributed by atoms with Crippen molar-refractivity contribution in [3.8, 4) is 17.3 Å². The van der Waals surface area contributed by atoms with Crippen molar-refractivity contribution in [3.63, 3.8) is 0 Å². The van der Waals surface area contributed by atoms with Crippen LogP contribution >= 0.6 is 0 Å². The van der Waals surface area contributed by atoms with Crippen LogP contribution in [0.15, 0.2) is 30.9 Å². The molecule has 4 heterocycles. The van der Waals surface area contributed by atoms with Gasteiger partial charge in [0.05, 0.1) is 43.5 Å². The summed E-state index contributed by atoms with van der Waals surface area (Å²) in [5.41, 5.74) is 1.75. The van der Waals surface area contributed by atoms with Crippen LogP contribution in [-0.2, 0) is 16.5 Å². The monoisotopic (exact) mass is 492 g/mol. The van der Waals surface area contributed by atoms with Crippen molar-refractivity contribution in [1.29, 1.82) is 5.26 Å². The molecule has 13 heteroatoms. The van der Waals surface area contributed by atoms with Crippen LogP contribution in [0, 0.1) is 11.3 Å². The van der Waals surface area contributed by atoms with E-state index in [4.69, 9.17) is 14.7 Å². The first-order valence-corrected chi connectivity index (χ1v) is 11.4. The molecule has 3 aromatic rings. The van der Waals surface area contributed by atoms with Gasteiger partial charge in [0, 0.05) is 38.0 Å². The summed E-state index contributed by atoms with van der Waals surface area (Å²) in [6, 6.07) is 3.73. The Morgan fingerprint density at radius 2 is 2.08 bits per heavy atom. The molecule has 1 unspecified atom stereocenters. The average molecular weight is 493 g/mol. The Hall–Kier alpha value is -4.31. The standard InChI is InChI=1S/C23H28N10O3/c1-23(2,3)36-22(34)33-5-6-35-17(14-33)11-26-18-7-19(29-20-12-25-16(8-24)10-27-20)30-31-21(18)15-9-28-32(4)13-15/h7,9-10,12-13,17H,5-6,11,14H2,1-4H3,(H2,26,27,29,30). The van der Waals surface area contributed by atoms with Gasteiger partial charge in [-0.05, 0) is 20.8 Å². The van der Waals surface area contributed by atoms with Gasteiger partial charge in [-0.15, -0.1) is 10.2 Å². The highest BCUT2D eigenvalue weighted by atomic mass is 16.6. The van der Waals surface area contributed by atoms with E-state index in [1.165, 1.54) is 12.4 Å². The highest BCUT2D eigenvalue weighted by Gasteiger charge is 2.28. The van der Waals surface area contributed by atoms with E-state index in [1.807, 2.05) is 40.1 Å². The number of carbonyl (C=O) groups excluding carboxylic acids is 1. The Bertz CT molecular complexity index is 1250. The van der Waals surface area contributed by atoms with E-state index in [-0.39, 0.29) is 17.9 Å². The molecule has 4 rings (SSSR count). The third-order valence-corrected chi connectivity index (χ3v) is 5.11. The number of rotatable bonds is 6. The number of aryl methyl sites for hydroxylation is 1. The molecular weight excluding hydrogens is 464 g/mol. The molecule has 1 aliphatic heterocycles. The van der Waals surface area contributed by atoms with Crippen molar-refractivity contribution in [2.75, 3.05) is 36.9 Å². The normalized spacial score (nSPS) is 15.8. The number of nitrogens with zero attached hydrogens (tertiary/aromatic N) is 8. The number of ether oxygens (including phenoxy) is 2. The van der Waals surface area contributed by atoms with Crippen LogP contribution in [0.25, 0.3) is 11.3 Å². The maximum absolute atomic E-state index is 12.5. The van der Waals surface area contributed by atoms with Crippen molar-refractivity contribution < 1.29 is 14.3 Å². The van der Waals surface area contributed by atoms with Gasteiger partial charge < -0.3 is 25.0 Å². The summed E-state index contributed by atoms with van der Waals surface area (Å²) in [6.07, 6.45) is 5.76. The third kappa shape index (κ3) is 6.42. The van der Waals surface area contributed by atoms with Crippen LogP contribution in [0.4, 0.5) is 22.1 Å². The highest BCUT2D eigenvalue weighted by molar-refractivity contribution is 5.75. The van der Waals surface area contributed by atoms with Gasteiger partial charge >= 0.3 is 6.09 Å². The summed E-state index contributed by atoms with van der Waals surface area (Å²) >= 11 is 0. The van der Waals surface area contributed by atoms with Gasteiger partial charge in [-0.2, -0.15) is 10.4 Å². The van der Waals surface area contributed by atoms with Crippen molar-refractivity contribution in [3.05, 3.63) is 36.5 Å². The molecule has 0 spiro atoms. The molecule has 188 valence electrons. The maximum Gasteiger partial charge on any atom is 0.410 e. The third-order valence-electron chi connectivity index (χ3n) is 5.11. The van der Waals surface area contributed by atoms with Gasteiger partial charge in [0.2, 0.25) is 0 Å². The van der Waals surface area contributed by atoms with Gasteiger partial charge in [0.15, 0.2) is 11.5 Å². The fraction of sp³-hybridized carbons (Fsp3) is 0.435. The number of amides is 1. The van der Waals surface area contributed by atoms with Crippen molar-refractivity contribution in [2.45, 2.75) is 32.5 Å². The van der Waals surface area contributed by atoms with Crippen LogP contribution in [0.2, 0.25) is 0 Å². The zero-order chi connectivity index (χ0) is 25.7. The van der Waals surface area contributed by atoms with E-state index >= 15 is 0 Å². The molecule has 2 N–H and O–H groups in total. The van der Waals surface area contributed by atoms with E-state index in [1.54, 1.807) is 21.8 Å². The van der Waals surface area contributed by atoms with Crippen LogP contribution in [0.1, 0.15) is 26.5 Å². The quantitative estimate of drug-likeness (QED) is 0.520. The number of nitrogens with one attached hydrogen (secondary N) is 2. The van der Waals surface area contributed by atoms with Gasteiger partial charge in [-0.25, -0.2) is 14.8 Å². The molecule has 0 radical (unpaired) electrons. The zero-order valence-corrected chi connectivity index (χ0v) is 20.6. The lowest BCUT2D eigenvalue weighted by Crippen LogP contribution is -2.49. The summed E-state index contributed by atoms with van der Waals surface area (Å²) in [5, 5.41) is 28.2. The fourth-order valence-corrected chi connectivity index (χ4v) is 3.48. The summed E-state index contributed by atoms with van der Waals surface area (Å²) in [5.74, 6) is 0.857. The van der Waals surface area contributed by atoms with E-state index < -0.39 is 5.60 Å². The molecule has 0 aliphatic carbocycles. The second-order valence-electron chi connectivity index (χ2n) is 9.22. The first kappa shape index (κ1) is 24.8. The molecular formula is C23H28N10O3. The number of aromatic nitrogens is 6. The molecule has 1 atom stereocenters. The maximum atomic E-state index is 12.5. The highest BCUT2D eigenvalue weighted by Crippen LogP contribution is 2.28. The molecule has 0 bridgehead atoms. The molecule has 1 saturated heterocycles. The van der Waals surface area contributed by atoms with Crippen molar-refractivity contribution in [1.82, 2.24) is 34.8 Å². The number of hydrogen-bond acceptors (Lipinski definition) is 11. The first-order valence-electron chi connectivity index (χ1n) is 11.4. The molecule has 3 aromatic heterocycles. The van der Waals surface area contributed by atoms with Crippen LogP contribution < -0.4 is 10.6 Å².